The second-order valence-electron chi connectivity index (χ2n) is 12.9. The molecule has 1 aromatic heterocycles. The van der Waals surface area contributed by atoms with Crippen molar-refractivity contribution in [3.8, 4) is 45.0 Å². The number of nitrogens with zero attached hydrogens (tertiary/aromatic N) is 2. The third kappa shape index (κ3) is 5.31. The maximum absolute atomic E-state index is 5.13. The van der Waals surface area contributed by atoms with Crippen LogP contribution in [0, 0.1) is 0 Å². The van der Waals surface area contributed by atoms with Gasteiger partial charge in [0.05, 0.1) is 16.8 Å². The van der Waals surface area contributed by atoms with Gasteiger partial charge in [-0.15, -0.1) is 0 Å². The van der Waals surface area contributed by atoms with E-state index in [9.17, 15) is 0 Å². The van der Waals surface area contributed by atoms with Crippen molar-refractivity contribution < 1.29 is 0 Å². The SMILES string of the molecule is C1=CCCC(C2(c3ccccc3)c3ccccc3Sc3ccc(-c4cccc(-c5cc(-c6ccccc6)nc(-c6ccccc6)n5)c4)cc32)=C1. The molecule has 7 aromatic rings. The summed E-state index contributed by atoms with van der Waals surface area (Å²) in [6.45, 7) is 0. The summed E-state index contributed by atoms with van der Waals surface area (Å²) < 4.78 is 0. The zero-order chi connectivity index (χ0) is 33.3. The summed E-state index contributed by atoms with van der Waals surface area (Å²) in [5, 5.41) is 0. The molecule has 2 aliphatic rings. The lowest BCUT2D eigenvalue weighted by Gasteiger charge is -2.44. The van der Waals surface area contributed by atoms with Gasteiger partial charge in [0.2, 0.25) is 0 Å². The minimum atomic E-state index is -0.390. The van der Waals surface area contributed by atoms with Crippen LogP contribution in [0.3, 0.4) is 0 Å². The third-order valence-corrected chi connectivity index (χ3v) is 11.1. The fourth-order valence-electron chi connectivity index (χ4n) is 7.59. The highest BCUT2D eigenvalue weighted by molar-refractivity contribution is 7.99. The first-order valence-electron chi connectivity index (χ1n) is 17.2. The summed E-state index contributed by atoms with van der Waals surface area (Å²) in [5.74, 6) is 0.722. The minimum Gasteiger partial charge on any atom is -0.228 e. The number of aromatic nitrogens is 2. The smallest absolute Gasteiger partial charge is 0.160 e. The van der Waals surface area contributed by atoms with E-state index in [0.717, 1.165) is 52.3 Å². The van der Waals surface area contributed by atoms with E-state index in [1.165, 1.54) is 37.6 Å². The number of allylic oxidation sites excluding steroid dienone is 4. The number of benzene rings is 6. The van der Waals surface area contributed by atoms with Gasteiger partial charge in [-0.3, -0.25) is 0 Å². The van der Waals surface area contributed by atoms with E-state index in [4.69, 9.17) is 9.97 Å². The highest BCUT2D eigenvalue weighted by atomic mass is 32.2. The van der Waals surface area contributed by atoms with Gasteiger partial charge in [0, 0.05) is 26.5 Å². The maximum atomic E-state index is 5.13. The number of hydrogen-bond donors (Lipinski definition) is 0. The monoisotopic (exact) mass is 658 g/mol. The Kier molecular flexibility index (Phi) is 7.83. The van der Waals surface area contributed by atoms with Gasteiger partial charge < -0.3 is 0 Å². The molecule has 1 unspecified atom stereocenters. The first-order valence-corrected chi connectivity index (χ1v) is 18.0. The van der Waals surface area contributed by atoms with Crippen molar-refractivity contribution in [1.29, 1.82) is 0 Å². The Labute approximate surface area is 298 Å². The van der Waals surface area contributed by atoms with Crippen LogP contribution in [0.4, 0.5) is 0 Å². The predicted molar refractivity (Wildman–Crippen MR) is 207 cm³/mol. The minimum absolute atomic E-state index is 0.390. The lowest BCUT2D eigenvalue weighted by Crippen LogP contribution is -2.35. The molecule has 0 radical (unpaired) electrons. The van der Waals surface area contributed by atoms with Gasteiger partial charge in [0.25, 0.3) is 0 Å². The van der Waals surface area contributed by atoms with Crippen molar-refractivity contribution in [3.05, 3.63) is 204 Å². The fourth-order valence-corrected chi connectivity index (χ4v) is 8.77. The summed E-state index contributed by atoms with van der Waals surface area (Å²) in [7, 11) is 0. The summed E-state index contributed by atoms with van der Waals surface area (Å²) in [5.41, 5.74) is 12.4. The molecule has 0 N–H and O–H groups in total. The molecule has 0 fully saturated rings. The number of rotatable bonds is 6. The van der Waals surface area contributed by atoms with Crippen molar-refractivity contribution in [2.45, 2.75) is 28.0 Å². The third-order valence-electron chi connectivity index (χ3n) is 9.92. The Morgan fingerprint density at radius 2 is 1.10 bits per heavy atom. The van der Waals surface area contributed by atoms with Crippen molar-refractivity contribution in [2.75, 3.05) is 0 Å². The van der Waals surface area contributed by atoms with Crippen LogP contribution >= 0.6 is 11.8 Å². The van der Waals surface area contributed by atoms with E-state index >= 15 is 0 Å². The average Bonchev–Trinajstić information content (AvgIpc) is 3.21. The standard InChI is InChI=1S/C47H34N2S/c1-5-16-33(17-6-1)42-32-43(49-46(48-42)34-18-7-2-8-19-34)37-21-15-20-35(30-37)36-28-29-45-41(31-36)47(38-22-9-3-10-23-38,39-24-11-4-12-25-39)40-26-13-14-27-44(40)50-45/h1-11,13-24,26-32H,12,25H2. The molecule has 50 heavy (non-hydrogen) atoms. The van der Waals surface area contributed by atoms with Gasteiger partial charge >= 0.3 is 0 Å². The molecule has 1 atom stereocenters. The van der Waals surface area contributed by atoms with Crippen LogP contribution in [-0.4, -0.2) is 9.97 Å². The molecule has 0 spiro atoms. The lowest BCUT2D eigenvalue weighted by atomic mass is 9.62. The lowest BCUT2D eigenvalue weighted by molar-refractivity contribution is 0.646. The zero-order valence-electron chi connectivity index (χ0n) is 27.5. The molecule has 9 rings (SSSR count). The summed E-state index contributed by atoms with van der Waals surface area (Å²) in [6, 6.07) is 58.7. The molecule has 0 bridgehead atoms. The van der Waals surface area contributed by atoms with Crippen molar-refractivity contribution in [3.63, 3.8) is 0 Å². The molecule has 3 heteroatoms. The maximum Gasteiger partial charge on any atom is 0.160 e. The molecule has 0 saturated carbocycles. The number of hydrogen-bond acceptors (Lipinski definition) is 3. The van der Waals surface area contributed by atoms with Gasteiger partial charge in [-0.1, -0.05) is 169 Å². The first-order chi connectivity index (χ1) is 24.8. The highest BCUT2D eigenvalue weighted by Gasteiger charge is 2.45. The van der Waals surface area contributed by atoms with E-state index < -0.39 is 5.41 Å². The van der Waals surface area contributed by atoms with Crippen molar-refractivity contribution in [2.24, 2.45) is 0 Å². The Balaban J connectivity index is 1.22. The van der Waals surface area contributed by atoms with Gasteiger partial charge in [-0.2, -0.15) is 0 Å². The van der Waals surface area contributed by atoms with Crippen LogP contribution < -0.4 is 0 Å². The summed E-state index contributed by atoms with van der Waals surface area (Å²) in [6.07, 6.45) is 8.96. The molecule has 6 aromatic carbocycles. The van der Waals surface area contributed by atoms with Crippen molar-refractivity contribution >= 4 is 11.8 Å². The van der Waals surface area contributed by atoms with Crippen LogP contribution in [0.2, 0.25) is 0 Å². The zero-order valence-corrected chi connectivity index (χ0v) is 28.4. The van der Waals surface area contributed by atoms with Gasteiger partial charge in [0.15, 0.2) is 5.82 Å². The summed E-state index contributed by atoms with van der Waals surface area (Å²) >= 11 is 1.88. The van der Waals surface area contributed by atoms with Crippen LogP contribution in [0.5, 0.6) is 0 Å². The molecule has 0 amide bonds. The van der Waals surface area contributed by atoms with Crippen LogP contribution in [0.25, 0.3) is 45.0 Å². The highest BCUT2D eigenvalue weighted by Crippen LogP contribution is 2.57. The molecule has 2 heterocycles. The van der Waals surface area contributed by atoms with Gasteiger partial charge in [-0.25, -0.2) is 9.97 Å². The van der Waals surface area contributed by atoms with Gasteiger partial charge in [-0.05, 0) is 71.0 Å². The molecule has 2 nitrogen and oxygen atoms in total. The quantitative estimate of drug-likeness (QED) is 0.178. The first kappa shape index (κ1) is 30.3. The van der Waals surface area contributed by atoms with Crippen LogP contribution in [-0.2, 0) is 5.41 Å². The Bertz CT molecular complexity index is 2340. The average molecular weight is 659 g/mol. The normalized spacial score (nSPS) is 16.3. The van der Waals surface area contributed by atoms with Gasteiger partial charge in [0.1, 0.15) is 0 Å². The molecule has 238 valence electrons. The topological polar surface area (TPSA) is 25.8 Å². The van der Waals surface area contributed by atoms with Crippen LogP contribution in [0.1, 0.15) is 29.5 Å². The van der Waals surface area contributed by atoms with Crippen LogP contribution in [0.15, 0.2) is 197 Å². The molecule has 1 aliphatic carbocycles. The predicted octanol–water partition coefficient (Wildman–Crippen LogP) is 12.2. The summed E-state index contributed by atoms with van der Waals surface area (Å²) in [4.78, 5) is 12.8. The largest absolute Gasteiger partial charge is 0.228 e. The van der Waals surface area contributed by atoms with Crippen molar-refractivity contribution in [1.82, 2.24) is 9.97 Å². The van der Waals surface area contributed by atoms with E-state index in [1.807, 2.05) is 36.0 Å². The fraction of sp³-hybridized carbons (Fsp3) is 0.0638. The molecule has 0 saturated heterocycles. The number of fused-ring (bicyclic) bond motifs is 2. The molecular weight excluding hydrogens is 625 g/mol. The Morgan fingerprint density at radius 3 is 1.86 bits per heavy atom. The van der Waals surface area contributed by atoms with E-state index in [0.29, 0.717) is 0 Å². The van der Waals surface area contributed by atoms with E-state index in [2.05, 4.69) is 158 Å². The second kappa shape index (κ2) is 12.9. The second-order valence-corrected chi connectivity index (χ2v) is 13.9. The van der Waals surface area contributed by atoms with E-state index in [-0.39, 0.29) is 0 Å². The Morgan fingerprint density at radius 1 is 0.480 bits per heavy atom. The molecule has 1 aliphatic heterocycles. The molecular formula is C47H34N2S. The Hall–Kier alpha value is -5.77. The van der Waals surface area contributed by atoms with E-state index in [1.54, 1.807) is 0 Å².